The van der Waals surface area contributed by atoms with E-state index in [4.69, 9.17) is 30.5 Å². The Labute approximate surface area is 263 Å². The number of pyridine rings is 1. The average Bonchev–Trinajstić information content (AvgIpc) is 2.99. The van der Waals surface area contributed by atoms with E-state index in [1.807, 2.05) is 25.9 Å². The van der Waals surface area contributed by atoms with Crippen LogP contribution in [0, 0.1) is 12.3 Å². The molecule has 2 aromatic carbocycles. The molecule has 16 heteroatoms. The summed E-state index contributed by atoms with van der Waals surface area (Å²) in [7, 11) is 3.92. The number of nitrogen functional groups attached to an aromatic ring is 1. The highest BCUT2D eigenvalue weighted by Gasteiger charge is 2.38. The third kappa shape index (κ3) is 11.6. The standard InChI is InChI=1S/C28H35N7O4.C2HF3O2/c1-5-38-24-16-20(8-11-23(24)39-15-14-35(3)4)25(32-21-9-6-19(7-10-21)26(29)30)28(37)34-33-27(36)22-17-31-13-12-18(22)2;3-2(4,5)1(6)7/h6-13,16-17,25,32H,5,14-15H2,1-4H3,(H3,29,30)(H,33,36)(H,34,37);(H,6,7). The smallest absolute Gasteiger partial charge is 0.490 e. The molecule has 248 valence electrons. The monoisotopic (exact) mass is 647 g/mol. The number of aliphatic carboxylic acids is 1. The number of nitrogens with zero attached hydrogens (tertiary/aromatic N) is 2. The molecule has 1 aromatic heterocycles. The van der Waals surface area contributed by atoms with E-state index in [9.17, 15) is 22.8 Å². The summed E-state index contributed by atoms with van der Waals surface area (Å²) in [6.45, 7) is 5.25. The number of aromatic nitrogens is 1. The first-order chi connectivity index (χ1) is 21.6. The van der Waals surface area contributed by atoms with Crippen LogP contribution in [0.5, 0.6) is 11.5 Å². The Morgan fingerprint density at radius 3 is 2.24 bits per heavy atom. The van der Waals surface area contributed by atoms with Crippen molar-refractivity contribution >= 4 is 29.3 Å². The number of nitrogens with one attached hydrogen (secondary N) is 4. The van der Waals surface area contributed by atoms with Gasteiger partial charge < -0.3 is 30.5 Å². The summed E-state index contributed by atoms with van der Waals surface area (Å²) in [5, 5.41) is 17.9. The van der Waals surface area contributed by atoms with Crippen LogP contribution in [-0.2, 0) is 9.59 Å². The normalized spacial score (nSPS) is 11.4. The van der Waals surface area contributed by atoms with Crippen molar-refractivity contribution in [1.82, 2.24) is 20.7 Å². The first-order valence-electron chi connectivity index (χ1n) is 13.7. The number of likely N-dealkylation sites (N-methyl/N-ethyl adjacent to an activating group) is 1. The van der Waals surface area contributed by atoms with Crippen LogP contribution in [0.3, 0.4) is 0 Å². The predicted molar refractivity (Wildman–Crippen MR) is 164 cm³/mol. The third-order valence-corrected chi connectivity index (χ3v) is 5.99. The predicted octanol–water partition coefficient (Wildman–Crippen LogP) is 3.26. The molecule has 2 amide bonds. The fourth-order valence-corrected chi connectivity index (χ4v) is 3.60. The topological polar surface area (TPSA) is 192 Å². The number of amides is 2. The zero-order valence-corrected chi connectivity index (χ0v) is 25.6. The number of hydrogen-bond acceptors (Lipinski definition) is 9. The van der Waals surface area contributed by atoms with Gasteiger partial charge in [-0.1, -0.05) is 6.07 Å². The number of hydrogen-bond donors (Lipinski definition) is 6. The molecule has 3 aromatic rings. The lowest BCUT2D eigenvalue weighted by Crippen LogP contribution is -2.45. The second-order valence-electron chi connectivity index (χ2n) is 9.80. The van der Waals surface area contributed by atoms with E-state index in [2.05, 4.69) is 21.2 Å². The number of ether oxygens (including phenoxy) is 2. The van der Waals surface area contributed by atoms with Gasteiger partial charge in [0.25, 0.3) is 11.8 Å². The minimum atomic E-state index is -5.08. The number of benzene rings is 2. The van der Waals surface area contributed by atoms with Crippen molar-refractivity contribution in [2.45, 2.75) is 26.1 Å². The number of amidine groups is 1. The van der Waals surface area contributed by atoms with Gasteiger partial charge in [0.2, 0.25) is 0 Å². The maximum Gasteiger partial charge on any atom is 0.490 e. The summed E-state index contributed by atoms with van der Waals surface area (Å²) >= 11 is 0. The van der Waals surface area contributed by atoms with Crippen molar-refractivity contribution in [2.24, 2.45) is 5.73 Å². The number of anilines is 1. The molecule has 1 atom stereocenters. The van der Waals surface area contributed by atoms with E-state index < -0.39 is 30.0 Å². The lowest BCUT2D eigenvalue weighted by atomic mass is 10.0. The molecule has 1 unspecified atom stereocenters. The van der Waals surface area contributed by atoms with Gasteiger partial charge in [-0.25, -0.2) is 4.79 Å². The van der Waals surface area contributed by atoms with E-state index in [0.717, 1.165) is 12.1 Å². The lowest BCUT2D eigenvalue weighted by Gasteiger charge is -2.22. The number of carboxylic acid groups (broad SMARTS) is 1. The summed E-state index contributed by atoms with van der Waals surface area (Å²) in [5.74, 6) is -2.76. The van der Waals surface area contributed by atoms with Crippen molar-refractivity contribution in [3.05, 3.63) is 83.2 Å². The Morgan fingerprint density at radius 2 is 1.70 bits per heavy atom. The number of aryl methyl sites for hydroxylation is 1. The molecule has 46 heavy (non-hydrogen) atoms. The molecule has 0 aliphatic heterocycles. The third-order valence-electron chi connectivity index (χ3n) is 5.99. The van der Waals surface area contributed by atoms with Crippen molar-refractivity contribution in [3.8, 4) is 11.5 Å². The highest BCUT2D eigenvalue weighted by atomic mass is 19.4. The molecule has 0 aliphatic carbocycles. The van der Waals surface area contributed by atoms with Gasteiger partial charge in [-0.15, -0.1) is 0 Å². The van der Waals surface area contributed by atoms with E-state index in [-0.39, 0.29) is 5.84 Å². The van der Waals surface area contributed by atoms with E-state index in [1.54, 1.807) is 61.7 Å². The highest BCUT2D eigenvalue weighted by Crippen LogP contribution is 2.32. The fraction of sp³-hybridized carbons (Fsp3) is 0.300. The van der Waals surface area contributed by atoms with Crippen LogP contribution in [0.2, 0.25) is 0 Å². The number of alkyl halides is 3. The molecule has 1 heterocycles. The van der Waals surface area contributed by atoms with Crippen LogP contribution in [0.15, 0.2) is 60.9 Å². The molecule has 0 aliphatic rings. The zero-order chi connectivity index (χ0) is 34.4. The number of carboxylic acids is 1. The van der Waals surface area contributed by atoms with E-state index in [1.165, 1.54) is 6.20 Å². The Balaban J connectivity index is 0.000000942. The summed E-state index contributed by atoms with van der Waals surface area (Å²) in [4.78, 5) is 41.0. The summed E-state index contributed by atoms with van der Waals surface area (Å²) < 4.78 is 43.5. The van der Waals surface area contributed by atoms with Gasteiger partial charge in [-0.3, -0.25) is 30.8 Å². The van der Waals surface area contributed by atoms with E-state index >= 15 is 0 Å². The quantitative estimate of drug-likeness (QED) is 0.0966. The molecule has 7 N–H and O–H groups in total. The molecular weight excluding hydrogens is 611 g/mol. The number of halogens is 3. The Kier molecular flexibility index (Phi) is 13.8. The molecule has 13 nitrogen and oxygen atoms in total. The number of carbonyl (C=O) groups is 3. The molecule has 0 saturated heterocycles. The Hall–Kier alpha value is -5.38. The van der Waals surface area contributed by atoms with Crippen molar-refractivity contribution in [2.75, 3.05) is 39.2 Å². The summed E-state index contributed by atoms with van der Waals surface area (Å²) in [6.07, 6.45) is -2.06. The van der Waals surface area contributed by atoms with Crippen LogP contribution in [-0.4, -0.2) is 78.6 Å². The van der Waals surface area contributed by atoms with Crippen molar-refractivity contribution in [3.63, 3.8) is 0 Å². The van der Waals surface area contributed by atoms with Gasteiger partial charge in [0, 0.05) is 30.2 Å². The maximum atomic E-state index is 13.4. The number of hydrazine groups is 1. The number of rotatable bonds is 12. The molecular formula is C30H36F3N7O6. The molecule has 0 bridgehead atoms. The second kappa shape index (κ2) is 17.2. The highest BCUT2D eigenvalue weighted by molar-refractivity contribution is 5.97. The maximum absolute atomic E-state index is 13.4. The minimum absolute atomic E-state index is 0.0598. The van der Waals surface area contributed by atoms with Gasteiger partial charge in [-0.2, -0.15) is 13.2 Å². The second-order valence-corrected chi connectivity index (χ2v) is 9.80. The van der Waals surface area contributed by atoms with E-state index in [0.29, 0.717) is 47.1 Å². The molecule has 0 spiro atoms. The molecule has 3 rings (SSSR count). The Bertz CT molecular complexity index is 1500. The van der Waals surface area contributed by atoms with Crippen LogP contribution < -0.4 is 31.4 Å². The zero-order valence-electron chi connectivity index (χ0n) is 25.6. The van der Waals surface area contributed by atoms with Crippen LogP contribution in [0.4, 0.5) is 18.9 Å². The number of nitrogens with two attached hydrogens (primary N) is 1. The molecule has 0 saturated carbocycles. The average molecular weight is 648 g/mol. The van der Waals surface area contributed by atoms with Gasteiger partial charge in [-0.05, 0) is 81.5 Å². The van der Waals surface area contributed by atoms with Crippen LogP contribution in [0.25, 0.3) is 0 Å². The van der Waals surface area contributed by atoms with Gasteiger partial charge in [0.1, 0.15) is 18.5 Å². The Morgan fingerprint density at radius 1 is 1.04 bits per heavy atom. The summed E-state index contributed by atoms with van der Waals surface area (Å²) in [6, 6.07) is 12.9. The minimum Gasteiger partial charge on any atom is -0.490 e. The summed E-state index contributed by atoms with van der Waals surface area (Å²) in [5.41, 5.74) is 13.4. The first kappa shape index (κ1) is 36.8. The first-order valence-corrected chi connectivity index (χ1v) is 13.7. The fourth-order valence-electron chi connectivity index (χ4n) is 3.60. The number of carbonyl (C=O) groups excluding carboxylic acids is 2. The SMILES string of the molecule is CCOc1cc(C(Nc2ccc(C(=N)N)cc2)C(=O)NNC(=O)c2cnccc2C)ccc1OCCN(C)C.O=C(O)C(F)(F)F. The van der Waals surface area contributed by atoms with Crippen LogP contribution in [0.1, 0.15) is 40.0 Å². The van der Waals surface area contributed by atoms with Gasteiger partial charge in [0.15, 0.2) is 11.5 Å². The van der Waals surface area contributed by atoms with Crippen LogP contribution >= 0.6 is 0 Å². The van der Waals surface area contributed by atoms with Crippen molar-refractivity contribution < 1.29 is 42.1 Å². The van der Waals surface area contributed by atoms with Gasteiger partial charge >= 0.3 is 12.1 Å². The molecule has 0 radical (unpaired) electrons. The largest absolute Gasteiger partial charge is 0.490 e. The van der Waals surface area contributed by atoms with Gasteiger partial charge in [0.05, 0.1) is 12.2 Å². The lowest BCUT2D eigenvalue weighted by molar-refractivity contribution is -0.192. The molecule has 0 fully saturated rings. The van der Waals surface area contributed by atoms with Crippen molar-refractivity contribution in [1.29, 1.82) is 5.41 Å².